The number of hydrogen-bond acceptors (Lipinski definition) is 2. The third-order valence-electron chi connectivity index (χ3n) is 6.90. The molecule has 2 atom stereocenters. The van der Waals surface area contributed by atoms with Crippen molar-refractivity contribution in [3.05, 3.63) is 41.5 Å². The summed E-state index contributed by atoms with van der Waals surface area (Å²) in [5, 5.41) is 0.171. The van der Waals surface area contributed by atoms with E-state index in [-0.39, 0.29) is 16.9 Å². The predicted molar refractivity (Wildman–Crippen MR) is 116 cm³/mol. The second kappa shape index (κ2) is 9.89. The highest BCUT2D eigenvalue weighted by atomic mass is 19.4. The van der Waals surface area contributed by atoms with Crippen LogP contribution in [0.3, 0.4) is 0 Å². The van der Waals surface area contributed by atoms with E-state index >= 15 is 0 Å². The summed E-state index contributed by atoms with van der Waals surface area (Å²) in [6.45, 7) is 3.39. The van der Waals surface area contributed by atoms with Gasteiger partial charge in [-0.25, -0.2) is 8.78 Å². The van der Waals surface area contributed by atoms with Crippen LogP contribution in [0.4, 0.5) is 22.0 Å². The van der Waals surface area contributed by atoms with E-state index in [1.165, 1.54) is 43.9 Å². The van der Waals surface area contributed by atoms with Crippen molar-refractivity contribution in [2.45, 2.75) is 57.7 Å². The van der Waals surface area contributed by atoms with E-state index in [2.05, 4.69) is 6.92 Å². The number of fused-ring (bicyclic) bond motifs is 1. The molecule has 1 saturated carbocycles. The van der Waals surface area contributed by atoms with Crippen LogP contribution in [-0.2, 0) is 4.74 Å². The molecule has 33 heavy (non-hydrogen) atoms. The highest BCUT2D eigenvalue weighted by Gasteiger charge is 2.30. The Morgan fingerprint density at radius 2 is 1.73 bits per heavy atom. The Hall–Kier alpha value is -2.33. The average Bonchev–Trinajstić information content (AvgIpc) is 2.77. The number of alkyl halides is 3. The first-order chi connectivity index (χ1) is 15.7. The fourth-order valence-corrected chi connectivity index (χ4v) is 4.92. The van der Waals surface area contributed by atoms with E-state index in [0.29, 0.717) is 18.3 Å². The fourth-order valence-electron chi connectivity index (χ4n) is 4.92. The lowest BCUT2D eigenvalue weighted by Crippen LogP contribution is -2.34. The molecule has 2 aromatic carbocycles. The van der Waals surface area contributed by atoms with Crippen molar-refractivity contribution >= 4 is 10.8 Å². The molecule has 0 N–H and O–H groups in total. The maximum Gasteiger partial charge on any atom is 0.458 e. The summed E-state index contributed by atoms with van der Waals surface area (Å²) in [5.74, 6) is 2.80. The van der Waals surface area contributed by atoms with E-state index in [4.69, 9.17) is 9.47 Å². The molecule has 0 bridgehead atoms. The molecule has 2 nitrogen and oxygen atoms in total. The third-order valence-corrected chi connectivity index (χ3v) is 6.90. The second-order valence-electron chi connectivity index (χ2n) is 9.30. The van der Waals surface area contributed by atoms with Crippen LogP contribution in [0.5, 0.6) is 5.75 Å². The van der Waals surface area contributed by atoms with Crippen LogP contribution in [-0.4, -0.2) is 25.5 Å². The van der Waals surface area contributed by atoms with Crippen molar-refractivity contribution in [2.24, 2.45) is 17.8 Å². The molecule has 2 unspecified atom stereocenters. The van der Waals surface area contributed by atoms with Crippen molar-refractivity contribution in [1.29, 1.82) is 0 Å². The first-order valence-electron chi connectivity index (χ1n) is 11.5. The molecule has 0 radical (unpaired) electrons. The second-order valence-corrected chi connectivity index (χ2v) is 9.30. The SMILES string of the molecule is CC1CCC(C2CCC(COc3ccc4c(F)c(C#CC(F)(F)F)c(F)cc4c3)OC2)CC1. The van der Waals surface area contributed by atoms with Crippen LogP contribution in [0.1, 0.15) is 51.0 Å². The lowest BCUT2D eigenvalue weighted by atomic mass is 9.74. The number of halogens is 5. The number of benzene rings is 2. The van der Waals surface area contributed by atoms with E-state index in [0.717, 1.165) is 43.3 Å². The van der Waals surface area contributed by atoms with E-state index in [9.17, 15) is 22.0 Å². The lowest BCUT2D eigenvalue weighted by Gasteiger charge is -2.37. The van der Waals surface area contributed by atoms with Crippen molar-refractivity contribution in [3.8, 4) is 17.6 Å². The maximum atomic E-state index is 14.6. The normalized spacial score (nSPS) is 26.0. The summed E-state index contributed by atoms with van der Waals surface area (Å²) in [4.78, 5) is 0. The topological polar surface area (TPSA) is 18.5 Å². The molecule has 0 spiro atoms. The molecule has 1 aliphatic carbocycles. The average molecular weight is 466 g/mol. The summed E-state index contributed by atoms with van der Waals surface area (Å²) < 4.78 is 77.5. The van der Waals surface area contributed by atoms with Crippen molar-refractivity contribution in [2.75, 3.05) is 13.2 Å². The standard InChI is InChI=1S/C26H27F5O2/c1-16-2-4-17(5-3-16)18-6-7-21(32-14-18)15-33-20-8-9-22-19(12-20)13-24(27)23(25(22)28)10-11-26(29,30)31/h8-9,12-13,16-18,21H,2-7,14-15H2,1H3. The molecule has 7 heteroatoms. The molecule has 2 fully saturated rings. The Bertz CT molecular complexity index is 1040. The Kier molecular flexibility index (Phi) is 7.13. The zero-order valence-electron chi connectivity index (χ0n) is 18.5. The lowest BCUT2D eigenvalue weighted by molar-refractivity contribution is -0.0696. The summed E-state index contributed by atoms with van der Waals surface area (Å²) in [7, 11) is 0. The fraction of sp³-hybridized carbons (Fsp3) is 0.538. The third kappa shape index (κ3) is 5.97. The molecule has 1 aliphatic heterocycles. The quantitative estimate of drug-likeness (QED) is 0.356. The van der Waals surface area contributed by atoms with Gasteiger partial charge in [0.15, 0.2) is 0 Å². The van der Waals surface area contributed by atoms with Gasteiger partial charge in [-0.05, 0) is 73.1 Å². The Labute approximate surface area is 190 Å². The summed E-state index contributed by atoms with van der Waals surface area (Å²) in [5.41, 5.74) is -0.897. The van der Waals surface area contributed by atoms with Gasteiger partial charge in [-0.2, -0.15) is 13.2 Å². The number of ether oxygens (including phenoxy) is 2. The van der Waals surface area contributed by atoms with Crippen LogP contribution in [0.15, 0.2) is 24.3 Å². The molecule has 178 valence electrons. The van der Waals surface area contributed by atoms with Crippen LogP contribution >= 0.6 is 0 Å². The van der Waals surface area contributed by atoms with Gasteiger partial charge in [0.25, 0.3) is 0 Å². The maximum absolute atomic E-state index is 14.6. The molecule has 2 aliphatic rings. The van der Waals surface area contributed by atoms with Crippen molar-refractivity contribution in [3.63, 3.8) is 0 Å². The van der Waals surface area contributed by atoms with Crippen molar-refractivity contribution < 1.29 is 31.4 Å². The largest absolute Gasteiger partial charge is 0.491 e. The van der Waals surface area contributed by atoms with E-state index < -0.39 is 23.4 Å². The van der Waals surface area contributed by atoms with Gasteiger partial charge in [0, 0.05) is 11.3 Å². The monoisotopic (exact) mass is 466 g/mol. The van der Waals surface area contributed by atoms with Crippen LogP contribution < -0.4 is 4.74 Å². The molecule has 1 saturated heterocycles. The van der Waals surface area contributed by atoms with Gasteiger partial charge >= 0.3 is 6.18 Å². The minimum atomic E-state index is -4.83. The minimum Gasteiger partial charge on any atom is -0.491 e. The summed E-state index contributed by atoms with van der Waals surface area (Å²) in [6, 6.07) is 5.31. The molecule has 0 aromatic heterocycles. The van der Waals surface area contributed by atoms with E-state index in [1.807, 2.05) is 0 Å². The zero-order valence-corrected chi connectivity index (χ0v) is 18.5. The highest BCUT2D eigenvalue weighted by Crippen LogP contribution is 2.37. The van der Waals surface area contributed by atoms with Gasteiger partial charge in [-0.1, -0.05) is 25.7 Å². The van der Waals surface area contributed by atoms with Crippen molar-refractivity contribution in [1.82, 2.24) is 0 Å². The molecule has 0 amide bonds. The summed E-state index contributed by atoms with van der Waals surface area (Å²) in [6.07, 6.45) is 2.32. The summed E-state index contributed by atoms with van der Waals surface area (Å²) >= 11 is 0. The van der Waals surface area contributed by atoms with Gasteiger partial charge < -0.3 is 9.47 Å². The number of rotatable bonds is 4. The molecule has 4 rings (SSSR count). The first kappa shape index (κ1) is 23.8. The Morgan fingerprint density at radius 3 is 2.39 bits per heavy atom. The first-order valence-corrected chi connectivity index (χ1v) is 11.5. The Balaban J connectivity index is 1.36. The molecule has 1 heterocycles. The molecular weight excluding hydrogens is 439 g/mol. The smallest absolute Gasteiger partial charge is 0.458 e. The van der Waals surface area contributed by atoms with Gasteiger partial charge in [0.1, 0.15) is 24.0 Å². The zero-order chi connectivity index (χ0) is 23.6. The van der Waals surface area contributed by atoms with Gasteiger partial charge in [-0.15, -0.1) is 0 Å². The van der Waals surface area contributed by atoms with Crippen LogP contribution in [0.25, 0.3) is 10.8 Å². The Morgan fingerprint density at radius 1 is 1.00 bits per heavy atom. The molecule has 2 aromatic rings. The van der Waals surface area contributed by atoms with Crippen LogP contribution in [0.2, 0.25) is 0 Å². The predicted octanol–water partition coefficient (Wildman–Crippen LogP) is 7.03. The van der Waals surface area contributed by atoms with Gasteiger partial charge in [-0.3, -0.25) is 0 Å². The minimum absolute atomic E-state index is 0.0196. The number of hydrogen-bond donors (Lipinski definition) is 0. The molecular formula is C26H27F5O2. The van der Waals surface area contributed by atoms with Gasteiger partial charge in [0.05, 0.1) is 18.3 Å². The highest BCUT2D eigenvalue weighted by molar-refractivity contribution is 5.86. The van der Waals surface area contributed by atoms with Gasteiger partial charge in [0.2, 0.25) is 0 Å². The van der Waals surface area contributed by atoms with E-state index in [1.54, 1.807) is 5.92 Å². The van der Waals surface area contributed by atoms with Crippen LogP contribution in [0, 0.1) is 41.2 Å².